The lowest BCUT2D eigenvalue weighted by Crippen LogP contribution is -2.37. The highest BCUT2D eigenvalue weighted by Gasteiger charge is 2.31. The van der Waals surface area contributed by atoms with E-state index in [2.05, 4.69) is 23.8 Å². The Morgan fingerprint density at radius 3 is 2.77 bits per heavy atom. The summed E-state index contributed by atoms with van der Waals surface area (Å²) in [4.78, 5) is 2.41. The monoisotopic (exact) mass is 377 g/mol. The number of ether oxygens (including phenoxy) is 1. The highest BCUT2D eigenvalue weighted by atomic mass is 35.5. The molecule has 0 radical (unpaired) electrons. The summed E-state index contributed by atoms with van der Waals surface area (Å²) in [7, 11) is 1.99. The van der Waals surface area contributed by atoms with Crippen LogP contribution in [0.4, 0.5) is 0 Å². The third-order valence-corrected chi connectivity index (χ3v) is 5.59. The van der Waals surface area contributed by atoms with E-state index >= 15 is 0 Å². The minimum Gasteiger partial charge on any atom is -0.491 e. The second-order valence-corrected chi connectivity index (χ2v) is 7.81. The summed E-state index contributed by atoms with van der Waals surface area (Å²) in [6.07, 6.45) is 2.40. The Kier molecular flexibility index (Phi) is 5.90. The van der Waals surface area contributed by atoms with E-state index in [1.165, 1.54) is 11.3 Å². The summed E-state index contributed by atoms with van der Waals surface area (Å²) in [5.74, 6) is 0.702. The topological polar surface area (TPSA) is 50.5 Å². The molecule has 0 saturated carbocycles. The largest absolute Gasteiger partial charge is 0.491 e. The van der Waals surface area contributed by atoms with Gasteiger partial charge in [-0.2, -0.15) is 5.10 Å². The molecule has 2 aromatic rings. The Morgan fingerprint density at radius 1 is 1.27 bits per heavy atom. The van der Waals surface area contributed by atoms with Crippen LogP contribution in [0.5, 0.6) is 5.75 Å². The number of nitrogens with zero attached hydrogens (tertiary/aromatic N) is 3. The Bertz CT molecular complexity index is 762. The summed E-state index contributed by atoms with van der Waals surface area (Å²) >= 11 is 5.99. The highest BCUT2D eigenvalue weighted by Crippen LogP contribution is 2.26. The van der Waals surface area contributed by atoms with E-state index in [9.17, 15) is 5.11 Å². The van der Waals surface area contributed by atoms with Crippen molar-refractivity contribution in [3.63, 3.8) is 0 Å². The molecule has 1 atom stereocenters. The molecule has 1 aliphatic rings. The van der Waals surface area contributed by atoms with E-state index in [4.69, 9.17) is 16.3 Å². The van der Waals surface area contributed by atoms with Gasteiger partial charge < -0.3 is 9.84 Å². The van der Waals surface area contributed by atoms with Crippen LogP contribution in [0.25, 0.3) is 0 Å². The number of halogens is 1. The summed E-state index contributed by atoms with van der Waals surface area (Å²) < 4.78 is 7.76. The Morgan fingerprint density at radius 2 is 2.08 bits per heavy atom. The maximum Gasteiger partial charge on any atom is 0.120 e. The minimum absolute atomic E-state index is 0.298. The van der Waals surface area contributed by atoms with Gasteiger partial charge in [0.25, 0.3) is 0 Å². The van der Waals surface area contributed by atoms with Crippen LogP contribution >= 0.6 is 11.6 Å². The summed E-state index contributed by atoms with van der Waals surface area (Å²) in [6, 6.07) is 7.32. The minimum atomic E-state index is -0.796. The first-order valence-corrected chi connectivity index (χ1v) is 9.56. The Labute approximate surface area is 160 Å². The number of aryl methyl sites for hydroxylation is 2. The summed E-state index contributed by atoms with van der Waals surface area (Å²) in [6.45, 7) is 7.19. The number of hydrogen-bond acceptors (Lipinski definition) is 4. The number of aliphatic hydroxyl groups is 1. The van der Waals surface area contributed by atoms with E-state index in [0.29, 0.717) is 23.8 Å². The predicted molar refractivity (Wildman–Crippen MR) is 104 cm³/mol. The Hall–Kier alpha value is -1.56. The maximum absolute atomic E-state index is 11.0. The molecule has 142 valence electrons. The van der Waals surface area contributed by atoms with Crippen LogP contribution in [-0.2, 0) is 13.6 Å². The van der Waals surface area contributed by atoms with E-state index in [-0.39, 0.29) is 0 Å². The molecule has 6 heteroatoms. The molecule has 2 heterocycles. The van der Waals surface area contributed by atoms with Crippen molar-refractivity contribution in [2.75, 3.05) is 19.7 Å². The van der Waals surface area contributed by atoms with Crippen molar-refractivity contribution in [2.45, 2.75) is 45.3 Å². The predicted octanol–water partition coefficient (Wildman–Crippen LogP) is 3.49. The van der Waals surface area contributed by atoms with Crippen molar-refractivity contribution in [3.8, 4) is 5.75 Å². The molecule has 1 aromatic heterocycles. The normalized spacial score (nSPS) is 21.6. The molecule has 1 N–H and O–H groups in total. The average molecular weight is 378 g/mol. The molecular formula is C20H28ClN3O2. The van der Waals surface area contributed by atoms with Gasteiger partial charge in [-0.15, -0.1) is 0 Å². The van der Waals surface area contributed by atoms with Gasteiger partial charge in [0, 0.05) is 36.4 Å². The second-order valence-electron chi connectivity index (χ2n) is 7.37. The van der Waals surface area contributed by atoms with Crippen LogP contribution in [0.2, 0.25) is 5.02 Å². The van der Waals surface area contributed by atoms with Gasteiger partial charge in [-0.25, -0.2) is 0 Å². The third-order valence-electron chi connectivity index (χ3n) is 5.35. The standard InChI is InChI=1S/C20H28ClN3O2/c1-15-19(16(2)23(3)22-15)13-24-10-5-8-20(25,9-11-24)14-26-18-7-4-6-17(21)12-18/h4,6-7,12,25H,5,8-11,13-14H2,1-3H3. The number of aromatic nitrogens is 2. The fourth-order valence-corrected chi connectivity index (χ4v) is 3.76. The van der Waals surface area contributed by atoms with Crippen LogP contribution < -0.4 is 4.74 Å². The van der Waals surface area contributed by atoms with Crippen molar-refractivity contribution in [3.05, 3.63) is 46.2 Å². The third kappa shape index (κ3) is 4.58. The SMILES string of the molecule is Cc1nn(C)c(C)c1CN1CCCC(O)(COc2cccc(Cl)c2)CC1. The van der Waals surface area contributed by atoms with Gasteiger partial charge in [-0.1, -0.05) is 17.7 Å². The summed E-state index contributed by atoms with van der Waals surface area (Å²) in [5, 5.41) is 16.1. The molecule has 0 spiro atoms. The van der Waals surface area contributed by atoms with Crippen molar-refractivity contribution in [2.24, 2.45) is 7.05 Å². The van der Waals surface area contributed by atoms with Crippen molar-refractivity contribution in [1.82, 2.24) is 14.7 Å². The van der Waals surface area contributed by atoms with Crippen LogP contribution in [0.1, 0.15) is 36.2 Å². The molecule has 5 nitrogen and oxygen atoms in total. The molecular weight excluding hydrogens is 350 g/mol. The molecule has 1 unspecified atom stereocenters. The van der Waals surface area contributed by atoms with Gasteiger partial charge in [0.1, 0.15) is 12.4 Å². The number of benzene rings is 1. The second kappa shape index (κ2) is 7.99. The molecule has 3 rings (SSSR count). The average Bonchev–Trinajstić information content (AvgIpc) is 2.75. The molecule has 0 aliphatic carbocycles. The van der Waals surface area contributed by atoms with E-state index in [0.717, 1.165) is 38.2 Å². The van der Waals surface area contributed by atoms with Gasteiger partial charge in [-0.3, -0.25) is 9.58 Å². The molecule has 1 fully saturated rings. The quantitative estimate of drug-likeness (QED) is 0.866. The van der Waals surface area contributed by atoms with E-state index in [1.807, 2.05) is 29.9 Å². The lowest BCUT2D eigenvalue weighted by atomic mass is 9.96. The Balaban J connectivity index is 1.58. The summed E-state index contributed by atoms with van der Waals surface area (Å²) in [5.41, 5.74) is 2.81. The first-order chi connectivity index (χ1) is 12.4. The smallest absolute Gasteiger partial charge is 0.120 e. The van der Waals surface area contributed by atoms with Crippen LogP contribution in [0.15, 0.2) is 24.3 Å². The van der Waals surface area contributed by atoms with Gasteiger partial charge in [0.2, 0.25) is 0 Å². The van der Waals surface area contributed by atoms with E-state index in [1.54, 1.807) is 6.07 Å². The van der Waals surface area contributed by atoms with Crippen LogP contribution in [0, 0.1) is 13.8 Å². The first kappa shape index (κ1) is 19.2. The van der Waals surface area contributed by atoms with Gasteiger partial charge in [-0.05, 0) is 57.9 Å². The van der Waals surface area contributed by atoms with Gasteiger partial charge in [0.15, 0.2) is 0 Å². The lowest BCUT2D eigenvalue weighted by molar-refractivity contribution is -0.0168. The molecule has 1 aromatic carbocycles. The number of hydrogen-bond donors (Lipinski definition) is 1. The van der Waals surface area contributed by atoms with Crippen LogP contribution in [0.3, 0.4) is 0 Å². The van der Waals surface area contributed by atoms with E-state index < -0.39 is 5.60 Å². The fraction of sp³-hybridized carbons (Fsp3) is 0.550. The van der Waals surface area contributed by atoms with Gasteiger partial charge >= 0.3 is 0 Å². The highest BCUT2D eigenvalue weighted by molar-refractivity contribution is 6.30. The molecule has 26 heavy (non-hydrogen) atoms. The molecule has 0 bridgehead atoms. The van der Waals surface area contributed by atoms with Gasteiger partial charge in [0.05, 0.1) is 11.3 Å². The lowest BCUT2D eigenvalue weighted by Gasteiger charge is -2.27. The maximum atomic E-state index is 11.0. The van der Waals surface area contributed by atoms with Crippen molar-refractivity contribution >= 4 is 11.6 Å². The first-order valence-electron chi connectivity index (χ1n) is 9.18. The number of likely N-dealkylation sites (tertiary alicyclic amines) is 1. The van der Waals surface area contributed by atoms with Crippen molar-refractivity contribution < 1.29 is 9.84 Å². The van der Waals surface area contributed by atoms with Crippen LogP contribution in [-0.4, -0.2) is 45.1 Å². The fourth-order valence-electron chi connectivity index (χ4n) is 3.58. The molecule has 0 amide bonds. The zero-order chi connectivity index (χ0) is 18.7. The molecule has 1 aliphatic heterocycles. The zero-order valence-corrected chi connectivity index (χ0v) is 16.6. The number of rotatable bonds is 5. The van der Waals surface area contributed by atoms with Crippen molar-refractivity contribution in [1.29, 1.82) is 0 Å². The zero-order valence-electron chi connectivity index (χ0n) is 15.8. The molecule has 1 saturated heterocycles.